The number of aliphatic hydroxyl groups is 1. The zero-order valence-electron chi connectivity index (χ0n) is 8.98. The van der Waals surface area contributed by atoms with Crippen molar-refractivity contribution in [3.8, 4) is 0 Å². The first kappa shape index (κ1) is 11.0. The van der Waals surface area contributed by atoms with E-state index in [1.165, 1.54) is 11.1 Å². The summed E-state index contributed by atoms with van der Waals surface area (Å²) in [6, 6.07) is 1.16. The third-order valence-electron chi connectivity index (χ3n) is 2.69. The van der Waals surface area contributed by atoms with E-state index in [2.05, 4.69) is 4.98 Å². The van der Waals surface area contributed by atoms with E-state index in [-0.39, 0.29) is 18.0 Å². The predicted octanol–water partition coefficient (Wildman–Crippen LogP) is 0.818. The summed E-state index contributed by atoms with van der Waals surface area (Å²) in [5.41, 5.74) is -0.617. The van der Waals surface area contributed by atoms with E-state index in [0.717, 1.165) is 12.3 Å². The Labute approximate surface area is 92.7 Å². The van der Waals surface area contributed by atoms with Crippen molar-refractivity contribution in [2.24, 2.45) is 0 Å². The predicted molar refractivity (Wildman–Crippen MR) is 55.3 cm³/mol. The molecule has 0 bridgehead atoms. The standard InChI is InChI=1S/C11H13FN2O2/c1-11(16)2-3-14(7-11)10(15)8-4-9(12)6-13-5-8/h4-6,16H,2-3,7H2,1H3. The molecular weight excluding hydrogens is 211 g/mol. The molecule has 86 valence electrons. The summed E-state index contributed by atoms with van der Waals surface area (Å²) in [4.78, 5) is 17.0. The molecule has 1 N–H and O–H groups in total. The lowest BCUT2D eigenvalue weighted by Crippen LogP contribution is -2.33. The lowest BCUT2D eigenvalue weighted by Gasteiger charge is -2.18. The van der Waals surface area contributed by atoms with Crippen LogP contribution in [-0.4, -0.2) is 39.6 Å². The summed E-state index contributed by atoms with van der Waals surface area (Å²) in [5, 5.41) is 9.73. The Morgan fingerprint density at radius 1 is 1.62 bits per heavy atom. The van der Waals surface area contributed by atoms with E-state index in [1.54, 1.807) is 6.92 Å². The molecule has 1 aliphatic rings. The van der Waals surface area contributed by atoms with Crippen molar-refractivity contribution in [2.75, 3.05) is 13.1 Å². The lowest BCUT2D eigenvalue weighted by molar-refractivity contribution is 0.0571. The van der Waals surface area contributed by atoms with Crippen molar-refractivity contribution in [1.29, 1.82) is 0 Å². The highest BCUT2D eigenvalue weighted by atomic mass is 19.1. The second-order valence-electron chi connectivity index (χ2n) is 4.37. The van der Waals surface area contributed by atoms with Gasteiger partial charge in [-0.25, -0.2) is 4.39 Å². The van der Waals surface area contributed by atoms with Gasteiger partial charge in [-0.3, -0.25) is 9.78 Å². The van der Waals surface area contributed by atoms with Gasteiger partial charge in [0.15, 0.2) is 0 Å². The van der Waals surface area contributed by atoms with Crippen molar-refractivity contribution >= 4 is 5.91 Å². The van der Waals surface area contributed by atoms with Gasteiger partial charge in [0.25, 0.3) is 5.91 Å². The van der Waals surface area contributed by atoms with Crippen LogP contribution in [0.2, 0.25) is 0 Å². The number of aromatic nitrogens is 1. The zero-order valence-corrected chi connectivity index (χ0v) is 8.98. The molecule has 1 aliphatic heterocycles. The van der Waals surface area contributed by atoms with Gasteiger partial charge in [-0.15, -0.1) is 0 Å². The summed E-state index contributed by atoms with van der Waals surface area (Å²) in [6.45, 7) is 2.45. The number of halogens is 1. The first-order chi connectivity index (χ1) is 7.48. The summed E-state index contributed by atoms with van der Waals surface area (Å²) in [5.74, 6) is -0.818. The number of carbonyl (C=O) groups excluding carboxylic acids is 1. The molecule has 1 aromatic rings. The fourth-order valence-corrected chi connectivity index (χ4v) is 1.83. The van der Waals surface area contributed by atoms with E-state index < -0.39 is 11.4 Å². The molecule has 0 saturated carbocycles. The third kappa shape index (κ3) is 2.19. The molecular formula is C11H13FN2O2. The maximum atomic E-state index is 12.9. The Bertz CT molecular complexity index is 420. The molecule has 1 fully saturated rings. The lowest BCUT2D eigenvalue weighted by atomic mass is 10.1. The highest BCUT2D eigenvalue weighted by Gasteiger charge is 2.34. The average molecular weight is 224 g/mol. The Kier molecular flexibility index (Phi) is 2.63. The molecule has 4 nitrogen and oxygen atoms in total. The van der Waals surface area contributed by atoms with Gasteiger partial charge in [0.1, 0.15) is 5.82 Å². The Morgan fingerprint density at radius 2 is 2.38 bits per heavy atom. The zero-order chi connectivity index (χ0) is 11.8. The molecule has 2 rings (SSSR count). The minimum absolute atomic E-state index is 0.220. The topological polar surface area (TPSA) is 53.4 Å². The smallest absolute Gasteiger partial charge is 0.255 e. The molecule has 1 saturated heterocycles. The molecule has 2 heterocycles. The van der Waals surface area contributed by atoms with E-state index in [1.807, 2.05) is 0 Å². The highest BCUT2D eigenvalue weighted by molar-refractivity contribution is 5.94. The van der Waals surface area contributed by atoms with Gasteiger partial charge >= 0.3 is 0 Å². The SMILES string of the molecule is CC1(O)CCN(C(=O)c2cncc(F)c2)C1. The highest BCUT2D eigenvalue weighted by Crippen LogP contribution is 2.21. The van der Waals surface area contributed by atoms with Gasteiger partial charge in [-0.2, -0.15) is 0 Å². The van der Waals surface area contributed by atoms with Gasteiger partial charge in [-0.1, -0.05) is 0 Å². The number of amides is 1. The number of carbonyl (C=O) groups is 1. The molecule has 0 aliphatic carbocycles. The molecule has 5 heteroatoms. The van der Waals surface area contributed by atoms with Crippen molar-refractivity contribution in [2.45, 2.75) is 18.9 Å². The quantitative estimate of drug-likeness (QED) is 0.768. The number of β-amino-alcohol motifs (C(OH)–C–C–N with tert-alkyl or cyclic N) is 1. The summed E-state index contributed by atoms with van der Waals surface area (Å²) in [7, 11) is 0. The van der Waals surface area contributed by atoms with E-state index in [9.17, 15) is 14.3 Å². The molecule has 1 atom stereocenters. The molecule has 0 aromatic carbocycles. The number of likely N-dealkylation sites (tertiary alicyclic amines) is 1. The maximum absolute atomic E-state index is 12.9. The maximum Gasteiger partial charge on any atom is 0.255 e. The van der Waals surface area contributed by atoms with Crippen LogP contribution in [-0.2, 0) is 0 Å². The van der Waals surface area contributed by atoms with Crippen LogP contribution in [0.3, 0.4) is 0 Å². The van der Waals surface area contributed by atoms with Crippen LogP contribution in [0.1, 0.15) is 23.7 Å². The third-order valence-corrected chi connectivity index (χ3v) is 2.69. The monoisotopic (exact) mass is 224 g/mol. The summed E-state index contributed by atoms with van der Waals surface area (Å²) < 4.78 is 12.9. The number of hydrogen-bond acceptors (Lipinski definition) is 3. The van der Waals surface area contributed by atoms with Gasteiger partial charge in [0, 0.05) is 19.3 Å². The fraction of sp³-hybridized carbons (Fsp3) is 0.455. The number of pyridine rings is 1. The van der Waals surface area contributed by atoms with E-state index >= 15 is 0 Å². The summed E-state index contributed by atoms with van der Waals surface area (Å²) in [6.07, 6.45) is 2.93. The molecule has 1 amide bonds. The van der Waals surface area contributed by atoms with Crippen LogP contribution < -0.4 is 0 Å². The Morgan fingerprint density at radius 3 is 2.94 bits per heavy atom. The van der Waals surface area contributed by atoms with Crippen LogP contribution >= 0.6 is 0 Å². The minimum Gasteiger partial charge on any atom is -0.388 e. The number of rotatable bonds is 1. The average Bonchev–Trinajstić information content (AvgIpc) is 2.58. The Balaban J connectivity index is 2.15. The van der Waals surface area contributed by atoms with Crippen molar-refractivity contribution in [3.05, 3.63) is 29.8 Å². The first-order valence-corrected chi connectivity index (χ1v) is 5.10. The normalized spacial score (nSPS) is 24.8. The van der Waals surface area contributed by atoms with Crippen molar-refractivity contribution < 1.29 is 14.3 Å². The summed E-state index contributed by atoms with van der Waals surface area (Å²) >= 11 is 0. The van der Waals surface area contributed by atoms with Gasteiger partial charge < -0.3 is 10.0 Å². The second kappa shape index (κ2) is 3.83. The molecule has 16 heavy (non-hydrogen) atoms. The van der Waals surface area contributed by atoms with Crippen LogP contribution in [0, 0.1) is 5.82 Å². The van der Waals surface area contributed by atoms with Gasteiger partial charge in [0.2, 0.25) is 0 Å². The van der Waals surface area contributed by atoms with Crippen LogP contribution in [0.5, 0.6) is 0 Å². The number of hydrogen-bond donors (Lipinski definition) is 1. The number of nitrogens with zero attached hydrogens (tertiary/aromatic N) is 2. The van der Waals surface area contributed by atoms with Crippen LogP contribution in [0.25, 0.3) is 0 Å². The largest absolute Gasteiger partial charge is 0.388 e. The minimum atomic E-state index is -0.837. The van der Waals surface area contributed by atoms with E-state index in [0.29, 0.717) is 13.0 Å². The van der Waals surface area contributed by atoms with Crippen LogP contribution in [0.15, 0.2) is 18.5 Å². The molecule has 0 radical (unpaired) electrons. The molecule has 0 spiro atoms. The Hall–Kier alpha value is -1.49. The van der Waals surface area contributed by atoms with Crippen molar-refractivity contribution in [1.82, 2.24) is 9.88 Å². The van der Waals surface area contributed by atoms with Gasteiger partial charge in [0.05, 0.1) is 17.4 Å². The van der Waals surface area contributed by atoms with Crippen molar-refractivity contribution in [3.63, 3.8) is 0 Å². The fourth-order valence-electron chi connectivity index (χ4n) is 1.83. The van der Waals surface area contributed by atoms with Gasteiger partial charge in [-0.05, 0) is 19.4 Å². The first-order valence-electron chi connectivity index (χ1n) is 5.10. The molecule has 1 aromatic heterocycles. The van der Waals surface area contributed by atoms with Crippen LogP contribution in [0.4, 0.5) is 4.39 Å². The molecule has 1 unspecified atom stereocenters. The van der Waals surface area contributed by atoms with E-state index in [4.69, 9.17) is 0 Å². The second-order valence-corrected chi connectivity index (χ2v) is 4.37.